The van der Waals surface area contributed by atoms with Gasteiger partial charge in [-0.25, -0.2) is 4.79 Å². The molecule has 0 unspecified atom stereocenters. The first-order valence-electron chi connectivity index (χ1n) is 9.34. The van der Waals surface area contributed by atoms with Crippen molar-refractivity contribution in [3.8, 4) is 0 Å². The number of hydrogen-bond acceptors (Lipinski definition) is 5. The predicted molar refractivity (Wildman–Crippen MR) is 109 cm³/mol. The Morgan fingerprint density at radius 1 is 1.18 bits per heavy atom. The van der Waals surface area contributed by atoms with Crippen LogP contribution in [0.3, 0.4) is 0 Å². The number of esters is 1. The fourth-order valence-electron chi connectivity index (χ4n) is 3.67. The van der Waals surface area contributed by atoms with E-state index in [1.807, 2.05) is 24.3 Å². The molecular formula is C21H22ClN3O3. The molecule has 0 bridgehead atoms. The maximum atomic E-state index is 12.7. The van der Waals surface area contributed by atoms with E-state index in [0.717, 1.165) is 37.4 Å². The number of carbonyl (C=O) groups is 2. The summed E-state index contributed by atoms with van der Waals surface area (Å²) in [6.07, 6.45) is -0.493. The first-order valence-corrected chi connectivity index (χ1v) is 9.72. The lowest BCUT2D eigenvalue weighted by atomic mass is 10.0. The summed E-state index contributed by atoms with van der Waals surface area (Å²) in [7, 11) is 2.10. The van der Waals surface area contributed by atoms with Gasteiger partial charge in [0.2, 0.25) is 5.91 Å². The molecule has 2 aromatic rings. The van der Waals surface area contributed by atoms with Gasteiger partial charge in [0.1, 0.15) is 6.10 Å². The van der Waals surface area contributed by atoms with Gasteiger partial charge in [0.05, 0.1) is 23.4 Å². The number of nitrogens with one attached hydrogen (secondary N) is 1. The smallest absolute Gasteiger partial charge is 0.339 e. The lowest BCUT2D eigenvalue weighted by Crippen LogP contribution is -2.44. The molecule has 1 amide bonds. The van der Waals surface area contributed by atoms with Crippen LogP contribution in [0.15, 0.2) is 42.5 Å². The molecule has 2 aliphatic heterocycles. The molecule has 1 saturated heterocycles. The fraction of sp³-hybridized carbons (Fsp3) is 0.333. The molecule has 2 aliphatic rings. The highest BCUT2D eigenvalue weighted by molar-refractivity contribution is 6.31. The van der Waals surface area contributed by atoms with Gasteiger partial charge in [-0.15, -0.1) is 0 Å². The largest absolute Gasteiger partial charge is 0.453 e. The van der Waals surface area contributed by atoms with E-state index in [4.69, 9.17) is 16.3 Å². The van der Waals surface area contributed by atoms with Gasteiger partial charge in [-0.1, -0.05) is 29.8 Å². The minimum absolute atomic E-state index is 0.0669. The lowest BCUT2D eigenvalue weighted by Gasteiger charge is -2.35. The highest BCUT2D eigenvalue weighted by Gasteiger charge is 2.32. The normalized spacial score (nSPS) is 19.3. The van der Waals surface area contributed by atoms with Crippen LogP contribution in [-0.4, -0.2) is 50.0 Å². The van der Waals surface area contributed by atoms with Crippen molar-refractivity contribution >= 4 is 34.9 Å². The first-order chi connectivity index (χ1) is 13.5. The van der Waals surface area contributed by atoms with Gasteiger partial charge in [0.15, 0.2) is 0 Å². The molecular weight excluding hydrogens is 378 g/mol. The Balaban J connectivity index is 1.49. The van der Waals surface area contributed by atoms with Gasteiger partial charge < -0.3 is 19.9 Å². The quantitative estimate of drug-likeness (QED) is 0.799. The second-order valence-electron chi connectivity index (χ2n) is 7.19. The Kier molecular flexibility index (Phi) is 5.24. The molecule has 28 heavy (non-hydrogen) atoms. The summed E-state index contributed by atoms with van der Waals surface area (Å²) in [5, 5.41) is 3.52. The van der Waals surface area contributed by atoms with E-state index < -0.39 is 6.10 Å². The summed E-state index contributed by atoms with van der Waals surface area (Å²) in [5.41, 5.74) is 2.92. The Morgan fingerprint density at radius 3 is 2.71 bits per heavy atom. The number of amides is 1. The van der Waals surface area contributed by atoms with Crippen LogP contribution in [-0.2, 0) is 9.53 Å². The van der Waals surface area contributed by atoms with Crippen LogP contribution in [0.2, 0.25) is 5.02 Å². The molecule has 1 fully saturated rings. The molecule has 1 N–H and O–H groups in total. The predicted octanol–water partition coefficient (Wildman–Crippen LogP) is 3.33. The number of ether oxygens (including phenoxy) is 1. The van der Waals surface area contributed by atoms with Crippen molar-refractivity contribution < 1.29 is 14.3 Å². The zero-order valence-corrected chi connectivity index (χ0v) is 16.4. The van der Waals surface area contributed by atoms with Crippen molar-refractivity contribution in [2.75, 3.05) is 43.4 Å². The average molecular weight is 400 g/mol. The topological polar surface area (TPSA) is 61.9 Å². The van der Waals surface area contributed by atoms with Crippen molar-refractivity contribution in [3.63, 3.8) is 0 Å². The number of nitrogens with zero attached hydrogens (tertiary/aromatic N) is 2. The molecule has 0 aliphatic carbocycles. The summed E-state index contributed by atoms with van der Waals surface area (Å²) >= 11 is 6.17. The molecule has 7 heteroatoms. The number of benzene rings is 2. The first kappa shape index (κ1) is 18.8. The van der Waals surface area contributed by atoms with Gasteiger partial charge in [-0.3, -0.25) is 4.79 Å². The number of fused-ring (bicyclic) bond motifs is 1. The van der Waals surface area contributed by atoms with Crippen LogP contribution in [0, 0.1) is 0 Å². The summed E-state index contributed by atoms with van der Waals surface area (Å²) < 4.78 is 5.38. The number of hydrogen-bond donors (Lipinski definition) is 1. The number of halogens is 1. The molecule has 2 heterocycles. The van der Waals surface area contributed by atoms with Crippen molar-refractivity contribution in [1.82, 2.24) is 4.90 Å². The second-order valence-corrected chi connectivity index (χ2v) is 7.62. The van der Waals surface area contributed by atoms with Crippen LogP contribution in [0.4, 0.5) is 11.4 Å². The summed E-state index contributed by atoms with van der Waals surface area (Å²) in [5.74, 6) is -0.596. The van der Waals surface area contributed by atoms with E-state index in [0.29, 0.717) is 16.3 Å². The van der Waals surface area contributed by atoms with Crippen molar-refractivity contribution in [1.29, 1.82) is 0 Å². The van der Waals surface area contributed by atoms with E-state index in [1.165, 1.54) is 0 Å². The van der Waals surface area contributed by atoms with Gasteiger partial charge >= 0.3 is 5.97 Å². The van der Waals surface area contributed by atoms with E-state index in [9.17, 15) is 9.59 Å². The number of rotatable bonds is 4. The number of cyclic esters (lactones) is 1. The zero-order valence-electron chi connectivity index (χ0n) is 15.7. The summed E-state index contributed by atoms with van der Waals surface area (Å²) in [6.45, 7) is 3.69. The second kappa shape index (κ2) is 7.81. The number of carbonyl (C=O) groups excluding carboxylic acids is 2. The van der Waals surface area contributed by atoms with Gasteiger partial charge in [-0.2, -0.15) is 0 Å². The van der Waals surface area contributed by atoms with Gasteiger partial charge in [-0.05, 0) is 31.3 Å². The average Bonchev–Trinajstić information content (AvgIpc) is 2.99. The Bertz CT molecular complexity index is 910. The Morgan fingerprint density at radius 2 is 1.93 bits per heavy atom. The molecule has 0 radical (unpaired) electrons. The van der Waals surface area contributed by atoms with E-state index in [2.05, 4.69) is 22.2 Å². The minimum atomic E-state index is -0.560. The van der Waals surface area contributed by atoms with Crippen molar-refractivity contribution in [3.05, 3.63) is 58.6 Å². The third-order valence-corrected chi connectivity index (χ3v) is 5.46. The van der Waals surface area contributed by atoms with E-state index in [1.54, 1.807) is 18.2 Å². The number of anilines is 2. The van der Waals surface area contributed by atoms with Crippen molar-refractivity contribution in [2.24, 2.45) is 0 Å². The van der Waals surface area contributed by atoms with Crippen LogP contribution >= 0.6 is 11.6 Å². The lowest BCUT2D eigenvalue weighted by molar-refractivity contribution is -0.118. The molecule has 2 aromatic carbocycles. The van der Waals surface area contributed by atoms with Crippen LogP contribution < -0.4 is 10.2 Å². The molecule has 0 aromatic heterocycles. The standard InChI is InChI=1S/C21H22ClN3O3/c1-24-8-10-25(11-9-24)18-7-6-14(22)12-17(18)23-20(26)13-19-15-4-2-3-5-16(15)21(27)28-19/h2-7,12,19H,8-11,13H2,1H3,(H,23,26)/t19-/m0/s1. The molecule has 6 nitrogen and oxygen atoms in total. The summed E-state index contributed by atoms with van der Waals surface area (Å²) in [6, 6.07) is 12.7. The third-order valence-electron chi connectivity index (χ3n) is 5.22. The highest BCUT2D eigenvalue weighted by Crippen LogP contribution is 2.34. The number of piperazine rings is 1. The van der Waals surface area contributed by atoms with E-state index >= 15 is 0 Å². The summed E-state index contributed by atoms with van der Waals surface area (Å²) in [4.78, 5) is 29.2. The molecule has 1 atom stereocenters. The van der Waals surface area contributed by atoms with Crippen molar-refractivity contribution in [2.45, 2.75) is 12.5 Å². The van der Waals surface area contributed by atoms with E-state index in [-0.39, 0.29) is 18.3 Å². The molecule has 146 valence electrons. The Hall–Kier alpha value is -2.57. The minimum Gasteiger partial charge on any atom is -0.453 e. The third kappa shape index (κ3) is 3.84. The van der Waals surface area contributed by atoms with Gasteiger partial charge in [0, 0.05) is 36.8 Å². The van der Waals surface area contributed by atoms with Crippen LogP contribution in [0.25, 0.3) is 0 Å². The number of likely N-dealkylation sites (N-methyl/N-ethyl adjacent to an activating group) is 1. The SMILES string of the molecule is CN1CCN(c2ccc(Cl)cc2NC(=O)C[C@@H]2OC(=O)c3ccccc32)CC1. The maximum Gasteiger partial charge on any atom is 0.339 e. The monoisotopic (exact) mass is 399 g/mol. The zero-order chi connectivity index (χ0) is 19.7. The highest BCUT2D eigenvalue weighted by atomic mass is 35.5. The molecule has 0 saturated carbocycles. The van der Waals surface area contributed by atoms with Crippen LogP contribution in [0.5, 0.6) is 0 Å². The van der Waals surface area contributed by atoms with Crippen LogP contribution in [0.1, 0.15) is 28.4 Å². The van der Waals surface area contributed by atoms with Gasteiger partial charge in [0.25, 0.3) is 0 Å². The molecule has 4 rings (SSSR count). The maximum absolute atomic E-state index is 12.7. The fourth-order valence-corrected chi connectivity index (χ4v) is 3.84. The Labute approximate surface area is 169 Å². The molecule has 0 spiro atoms.